The number of aromatic nitrogens is 1. The molecule has 4 aliphatic heterocycles. The summed E-state index contributed by atoms with van der Waals surface area (Å²) in [5.41, 5.74) is 5.43. The Kier molecular flexibility index (Phi) is 5.30. The molecule has 2 amide bonds. The van der Waals surface area contributed by atoms with Crippen molar-refractivity contribution in [1.29, 1.82) is 0 Å². The van der Waals surface area contributed by atoms with Crippen LogP contribution in [-0.4, -0.2) is 57.0 Å². The highest BCUT2D eigenvalue weighted by Gasteiger charge is 2.47. The lowest BCUT2D eigenvalue weighted by molar-refractivity contribution is -0.141. The van der Waals surface area contributed by atoms with Crippen LogP contribution in [0.4, 0.5) is 0 Å². The highest BCUT2D eigenvalue weighted by molar-refractivity contribution is 6.00. The lowest BCUT2D eigenvalue weighted by Crippen LogP contribution is -2.51. The molecule has 2 fully saturated rings. The third kappa shape index (κ3) is 3.54. The van der Waals surface area contributed by atoms with Crippen molar-refractivity contribution in [1.82, 2.24) is 19.7 Å². The number of rotatable bonds is 3. The van der Waals surface area contributed by atoms with E-state index in [1.54, 1.807) is 11.9 Å². The zero-order valence-corrected chi connectivity index (χ0v) is 21.2. The predicted octanol–water partition coefficient (Wildman–Crippen LogP) is 1.67. The van der Waals surface area contributed by atoms with Crippen molar-refractivity contribution in [2.45, 2.75) is 56.5 Å². The molecule has 7 rings (SSSR count). The van der Waals surface area contributed by atoms with Crippen LogP contribution in [0.15, 0.2) is 39.5 Å². The van der Waals surface area contributed by atoms with Gasteiger partial charge < -0.3 is 14.3 Å². The summed E-state index contributed by atoms with van der Waals surface area (Å²) in [6, 6.07) is 9.46. The first-order chi connectivity index (χ1) is 18.3. The van der Waals surface area contributed by atoms with Crippen molar-refractivity contribution in [2.24, 2.45) is 7.05 Å². The van der Waals surface area contributed by atoms with Crippen molar-refractivity contribution >= 4 is 22.9 Å². The van der Waals surface area contributed by atoms with Crippen LogP contribution in [0.2, 0.25) is 0 Å². The highest BCUT2D eigenvalue weighted by atomic mass is 16.5. The van der Waals surface area contributed by atoms with Gasteiger partial charge in [-0.3, -0.25) is 29.3 Å². The Morgan fingerprint density at radius 3 is 2.74 bits per heavy atom. The SMILES string of the molecule is Cn1c(=O)oc2ccc(CN3CCC4(CC3)COc3c4ccc4c3CN(C3CCC(=O)NC3=O)C4O)cc21. The molecular weight excluding hydrogens is 488 g/mol. The van der Waals surface area contributed by atoms with Gasteiger partial charge in [0.15, 0.2) is 5.58 Å². The van der Waals surface area contributed by atoms with Crippen LogP contribution in [0.25, 0.3) is 11.1 Å². The molecule has 38 heavy (non-hydrogen) atoms. The molecule has 2 atom stereocenters. The number of aryl methyl sites for hydroxylation is 1. The third-order valence-electron chi connectivity index (χ3n) is 8.98. The van der Waals surface area contributed by atoms with Crippen LogP contribution in [0, 0.1) is 0 Å². The number of nitrogens with zero attached hydrogens (tertiary/aromatic N) is 3. The fraction of sp³-hybridized carbons (Fsp3) is 0.464. The Morgan fingerprint density at radius 1 is 1.13 bits per heavy atom. The lowest BCUT2D eigenvalue weighted by Gasteiger charge is -2.38. The number of hydrogen-bond donors (Lipinski definition) is 2. The van der Waals surface area contributed by atoms with E-state index in [0.717, 1.165) is 60.4 Å². The number of oxazole rings is 1. The molecule has 198 valence electrons. The number of piperidine rings is 2. The first-order valence-electron chi connectivity index (χ1n) is 13.2. The van der Waals surface area contributed by atoms with E-state index in [2.05, 4.69) is 16.3 Å². The highest BCUT2D eigenvalue weighted by Crippen LogP contribution is 2.51. The van der Waals surface area contributed by atoms with E-state index in [9.17, 15) is 19.5 Å². The molecule has 4 aliphatic rings. The zero-order chi connectivity index (χ0) is 26.2. The molecule has 10 heteroatoms. The maximum absolute atomic E-state index is 12.5. The first kappa shape index (κ1) is 23.6. The molecule has 1 aromatic heterocycles. The van der Waals surface area contributed by atoms with E-state index in [1.807, 2.05) is 24.3 Å². The van der Waals surface area contributed by atoms with Gasteiger partial charge in [-0.1, -0.05) is 18.2 Å². The fourth-order valence-electron chi connectivity index (χ4n) is 6.73. The number of imide groups is 1. The minimum absolute atomic E-state index is 0.0632. The van der Waals surface area contributed by atoms with Crippen LogP contribution in [-0.2, 0) is 35.1 Å². The second-order valence-electron chi connectivity index (χ2n) is 11.1. The number of aliphatic hydroxyl groups excluding tert-OH is 1. The first-order valence-corrected chi connectivity index (χ1v) is 13.2. The molecule has 5 heterocycles. The number of hydrogen-bond acceptors (Lipinski definition) is 8. The molecule has 0 saturated carbocycles. The van der Waals surface area contributed by atoms with Crippen molar-refractivity contribution in [3.63, 3.8) is 0 Å². The third-order valence-corrected chi connectivity index (χ3v) is 8.98. The number of ether oxygens (including phenoxy) is 1. The monoisotopic (exact) mass is 518 g/mol. The summed E-state index contributed by atoms with van der Waals surface area (Å²) < 4.78 is 13.1. The average molecular weight is 519 g/mol. The quantitative estimate of drug-likeness (QED) is 0.503. The van der Waals surface area contributed by atoms with Crippen LogP contribution in [0.5, 0.6) is 5.75 Å². The van der Waals surface area contributed by atoms with Gasteiger partial charge in [0.2, 0.25) is 11.8 Å². The van der Waals surface area contributed by atoms with Gasteiger partial charge in [-0.05, 0) is 50.0 Å². The molecule has 2 saturated heterocycles. The summed E-state index contributed by atoms with van der Waals surface area (Å²) in [7, 11) is 1.72. The van der Waals surface area contributed by atoms with Crippen LogP contribution >= 0.6 is 0 Å². The van der Waals surface area contributed by atoms with E-state index in [-0.39, 0.29) is 29.4 Å². The van der Waals surface area contributed by atoms with Crippen LogP contribution in [0.3, 0.4) is 0 Å². The standard InChI is InChI=1S/C28H30N4O6/c1-30-21-12-16(2-6-22(21)38-27(30)36)13-31-10-8-28(9-11-31)15-37-24-18-14-32(20-5-7-23(33)29-25(20)34)26(35)17(18)3-4-19(24)28/h2-4,6,12,20,26,35H,5,7-11,13-15H2,1H3,(H,29,33,34). The number of fused-ring (bicyclic) bond motifs is 5. The van der Waals surface area contributed by atoms with Gasteiger partial charge in [0.05, 0.1) is 18.2 Å². The summed E-state index contributed by atoms with van der Waals surface area (Å²) >= 11 is 0. The molecule has 2 aromatic carbocycles. The van der Waals surface area contributed by atoms with Gasteiger partial charge in [-0.2, -0.15) is 0 Å². The largest absolute Gasteiger partial charge is 0.492 e. The van der Waals surface area contributed by atoms with E-state index in [4.69, 9.17) is 9.15 Å². The summed E-state index contributed by atoms with van der Waals surface area (Å²) in [4.78, 5) is 40.1. The Labute approximate surface area is 218 Å². The number of nitrogens with one attached hydrogen (secondary N) is 1. The van der Waals surface area contributed by atoms with Gasteiger partial charge in [0.25, 0.3) is 0 Å². The van der Waals surface area contributed by atoms with Crippen LogP contribution in [0.1, 0.15) is 54.2 Å². The minimum atomic E-state index is -0.895. The molecule has 1 spiro atoms. The van der Waals surface area contributed by atoms with Gasteiger partial charge in [0, 0.05) is 48.7 Å². The minimum Gasteiger partial charge on any atom is -0.492 e. The van der Waals surface area contributed by atoms with E-state index < -0.39 is 12.3 Å². The molecule has 2 unspecified atom stereocenters. The molecule has 2 N–H and O–H groups in total. The zero-order valence-electron chi connectivity index (χ0n) is 21.2. The number of amides is 2. The number of benzene rings is 2. The van der Waals surface area contributed by atoms with E-state index in [0.29, 0.717) is 25.2 Å². The molecular formula is C28H30N4O6. The molecule has 10 nitrogen and oxygen atoms in total. The maximum Gasteiger partial charge on any atom is 0.419 e. The number of carbonyl (C=O) groups is 2. The Bertz CT molecular complexity index is 1530. The average Bonchev–Trinajstić information content (AvgIpc) is 3.53. The summed E-state index contributed by atoms with van der Waals surface area (Å²) in [5, 5.41) is 13.4. The Morgan fingerprint density at radius 2 is 1.95 bits per heavy atom. The molecule has 3 aromatic rings. The second-order valence-corrected chi connectivity index (χ2v) is 11.1. The normalized spacial score (nSPS) is 25.0. The Balaban J connectivity index is 1.07. The summed E-state index contributed by atoms with van der Waals surface area (Å²) in [5.74, 6) is -0.0986. The van der Waals surface area contributed by atoms with Crippen molar-refractivity contribution < 1.29 is 23.8 Å². The van der Waals surface area contributed by atoms with Crippen molar-refractivity contribution in [3.8, 4) is 5.75 Å². The van der Waals surface area contributed by atoms with Gasteiger partial charge in [0.1, 0.15) is 12.0 Å². The summed E-state index contributed by atoms with van der Waals surface area (Å²) in [6.45, 7) is 3.69. The molecule has 0 radical (unpaired) electrons. The fourth-order valence-corrected chi connectivity index (χ4v) is 6.73. The second kappa shape index (κ2) is 8.52. The lowest BCUT2D eigenvalue weighted by atomic mass is 9.74. The topological polar surface area (TPSA) is 117 Å². The number of aliphatic hydroxyl groups is 1. The van der Waals surface area contributed by atoms with E-state index in [1.165, 1.54) is 10.1 Å². The summed E-state index contributed by atoms with van der Waals surface area (Å²) in [6.07, 6.45) is 1.71. The van der Waals surface area contributed by atoms with Crippen molar-refractivity contribution in [2.75, 3.05) is 19.7 Å². The maximum atomic E-state index is 12.5. The van der Waals surface area contributed by atoms with Crippen molar-refractivity contribution in [3.05, 3.63) is 63.1 Å². The van der Waals surface area contributed by atoms with Gasteiger partial charge in [-0.25, -0.2) is 4.79 Å². The number of carbonyl (C=O) groups excluding carboxylic acids is 2. The smallest absolute Gasteiger partial charge is 0.419 e. The Hall–Kier alpha value is -3.47. The molecule has 0 bridgehead atoms. The predicted molar refractivity (Wildman–Crippen MR) is 136 cm³/mol. The number of likely N-dealkylation sites (tertiary alicyclic amines) is 1. The van der Waals surface area contributed by atoms with Gasteiger partial charge >= 0.3 is 5.76 Å². The van der Waals surface area contributed by atoms with Gasteiger partial charge in [-0.15, -0.1) is 0 Å². The molecule has 0 aliphatic carbocycles. The van der Waals surface area contributed by atoms with E-state index >= 15 is 0 Å². The van der Waals surface area contributed by atoms with Crippen LogP contribution < -0.4 is 15.8 Å².